The van der Waals surface area contributed by atoms with E-state index in [0.29, 0.717) is 25.9 Å². The number of rotatable bonds is 12. The average Bonchev–Trinajstić information content (AvgIpc) is 2.77. The molecule has 9 N–H and O–H groups in total. The summed E-state index contributed by atoms with van der Waals surface area (Å²) in [5.41, 5.74) is 0. The van der Waals surface area contributed by atoms with Gasteiger partial charge in [0.05, 0.1) is 26.4 Å². The minimum atomic E-state index is -1.47. The van der Waals surface area contributed by atoms with Crippen molar-refractivity contribution in [2.75, 3.05) is 39.5 Å². The van der Waals surface area contributed by atoms with Crippen LogP contribution in [0.25, 0.3) is 0 Å². The summed E-state index contributed by atoms with van der Waals surface area (Å²) in [5.74, 6) is 0. The van der Waals surface area contributed by atoms with Gasteiger partial charge in [-0.3, -0.25) is 0 Å². The van der Waals surface area contributed by atoms with E-state index in [2.05, 4.69) is 5.32 Å². The van der Waals surface area contributed by atoms with E-state index < -0.39 is 74.6 Å². The van der Waals surface area contributed by atoms with Gasteiger partial charge in [0, 0.05) is 0 Å². The van der Waals surface area contributed by atoms with Crippen LogP contribution in [0.3, 0.4) is 0 Å². The van der Waals surface area contributed by atoms with E-state index in [4.69, 9.17) is 29.2 Å². The standard InChI is InChI=1S/C18H35NO12.ClH/c20-7-9-11(22)13(24)15(26)17(30-9)28-5-1-3-19-4-2-6-29-18-16(27)14(25)12(23)10(8-21)31-18;/h9-27H,1-8H2;1H/t9-,10-,11-,12-,13+,14+,15+,16+,17+,18+;/m1./s1. The summed E-state index contributed by atoms with van der Waals surface area (Å²) in [6.07, 6.45) is -11.9. The summed E-state index contributed by atoms with van der Waals surface area (Å²) in [6.45, 7) is 0.512. The zero-order valence-corrected chi connectivity index (χ0v) is 18.4. The Hall–Kier alpha value is -0.230. The highest BCUT2D eigenvalue weighted by atomic mass is 35.5. The summed E-state index contributed by atoms with van der Waals surface area (Å²) in [6, 6.07) is 0. The SMILES string of the molecule is Cl.OC[C@H]1O[C@H](OCCCNCCCO[C@H]2O[C@H](CO)[C@@H](O)[C@H](O)[C@@H]2O)[C@@H](O)[C@@H](O)[C@@H]1O. The Bertz CT molecular complexity index is 463. The van der Waals surface area contributed by atoms with E-state index in [9.17, 15) is 30.6 Å². The van der Waals surface area contributed by atoms with Crippen molar-refractivity contribution in [3.63, 3.8) is 0 Å². The number of halogens is 1. The lowest BCUT2D eigenvalue weighted by atomic mass is 9.99. The molecule has 14 heteroatoms. The smallest absolute Gasteiger partial charge is 0.186 e. The minimum absolute atomic E-state index is 0. The molecule has 2 rings (SSSR count). The largest absolute Gasteiger partial charge is 0.394 e. The summed E-state index contributed by atoms with van der Waals surface area (Å²) in [7, 11) is 0. The van der Waals surface area contributed by atoms with E-state index in [1.807, 2.05) is 0 Å². The van der Waals surface area contributed by atoms with Crippen LogP contribution < -0.4 is 5.32 Å². The molecule has 2 heterocycles. The maximum absolute atomic E-state index is 9.87. The van der Waals surface area contributed by atoms with Crippen LogP contribution in [0.4, 0.5) is 0 Å². The lowest BCUT2D eigenvalue weighted by Gasteiger charge is -2.39. The fourth-order valence-electron chi connectivity index (χ4n) is 3.33. The molecule has 2 aliphatic rings. The van der Waals surface area contributed by atoms with Crippen LogP contribution in [0.5, 0.6) is 0 Å². The summed E-state index contributed by atoms with van der Waals surface area (Å²) in [5, 5.41) is 79.9. The second-order valence-electron chi connectivity index (χ2n) is 7.59. The molecule has 32 heavy (non-hydrogen) atoms. The molecule has 0 unspecified atom stereocenters. The van der Waals surface area contributed by atoms with E-state index in [0.717, 1.165) is 0 Å². The zero-order chi connectivity index (χ0) is 23.0. The van der Waals surface area contributed by atoms with Gasteiger partial charge in [-0.1, -0.05) is 0 Å². The number of hydrogen-bond donors (Lipinski definition) is 9. The number of nitrogens with one attached hydrogen (secondary N) is 1. The molecule has 10 atom stereocenters. The van der Waals surface area contributed by atoms with Crippen LogP contribution in [0.1, 0.15) is 12.8 Å². The second-order valence-corrected chi connectivity index (χ2v) is 7.59. The highest BCUT2D eigenvalue weighted by Crippen LogP contribution is 2.23. The van der Waals surface area contributed by atoms with Crippen molar-refractivity contribution in [3.8, 4) is 0 Å². The van der Waals surface area contributed by atoms with Crippen molar-refractivity contribution in [1.29, 1.82) is 0 Å². The molecule has 0 saturated carbocycles. The van der Waals surface area contributed by atoms with Crippen LogP contribution in [0.15, 0.2) is 0 Å². The molecule has 0 amide bonds. The first-order valence-corrected chi connectivity index (χ1v) is 10.4. The molecular weight excluding hydrogens is 458 g/mol. The Kier molecular flexibility index (Phi) is 13.9. The number of hydrogen-bond acceptors (Lipinski definition) is 13. The topological polar surface area (TPSA) is 211 Å². The van der Waals surface area contributed by atoms with Gasteiger partial charge < -0.3 is 65.1 Å². The van der Waals surface area contributed by atoms with E-state index >= 15 is 0 Å². The number of aliphatic hydroxyl groups is 8. The minimum Gasteiger partial charge on any atom is -0.394 e. The molecule has 192 valence electrons. The van der Waals surface area contributed by atoms with E-state index in [1.54, 1.807) is 0 Å². The van der Waals surface area contributed by atoms with Crippen molar-refractivity contribution < 1.29 is 59.8 Å². The van der Waals surface area contributed by atoms with Gasteiger partial charge in [-0.25, -0.2) is 0 Å². The van der Waals surface area contributed by atoms with Gasteiger partial charge in [-0.15, -0.1) is 12.4 Å². The quantitative estimate of drug-likeness (QED) is 0.117. The van der Waals surface area contributed by atoms with Crippen molar-refractivity contribution in [1.82, 2.24) is 5.32 Å². The van der Waals surface area contributed by atoms with Gasteiger partial charge in [0.2, 0.25) is 0 Å². The van der Waals surface area contributed by atoms with Crippen LogP contribution in [0, 0.1) is 0 Å². The monoisotopic (exact) mass is 493 g/mol. The zero-order valence-electron chi connectivity index (χ0n) is 17.5. The van der Waals surface area contributed by atoms with Gasteiger partial charge in [0.1, 0.15) is 48.8 Å². The molecule has 0 aromatic carbocycles. The normalized spacial score (nSPS) is 40.1. The van der Waals surface area contributed by atoms with Crippen molar-refractivity contribution in [2.45, 2.75) is 74.3 Å². The molecular formula is C18H36ClNO12. The lowest BCUT2D eigenvalue weighted by Crippen LogP contribution is -2.59. The number of ether oxygens (including phenoxy) is 4. The molecule has 0 bridgehead atoms. The first-order chi connectivity index (χ1) is 14.8. The molecule has 0 spiro atoms. The summed E-state index contributed by atoms with van der Waals surface area (Å²) in [4.78, 5) is 0. The molecule has 0 aliphatic carbocycles. The first kappa shape index (κ1) is 29.8. The lowest BCUT2D eigenvalue weighted by molar-refractivity contribution is -0.301. The molecule has 0 radical (unpaired) electrons. The van der Waals surface area contributed by atoms with Gasteiger partial charge in [0.15, 0.2) is 12.6 Å². The molecule has 2 aliphatic heterocycles. The van der Waals surface area contributed by atoms with Gasteiger partial charge in [-0.05, 0) is 25.9 Å². The Labute approximate surface area is 191 Å². The molecule has 0 aromatic heterocycles. The van der Waals surface area contributed by atoms with Crippen LogP contribution >= 0.6 is 12.4 Å². The fraction of sp³-hybridized carbons (Fsp3) is 1.00. The van der Waals surface area contributed by atoms with Crippen LogP contribution in [-0.2, 0) is 18.9 Å². The Morgan fingerprint density at radius 1 is 0.594 bits per heavy atom. The molecule has 0 aromatic rings. The fourth-order valence-corrected chi connectivity index (χ4v) is 3.33. The third kappa shape index (κ3) is 7.92. The summed E-state index contributed by atoms with van der Waals surface area (Å²) >= 11 is 0. The van der Waals surface area contributed by atoms with Crippen LogP contribution in [0.2, 0.25) is 0 Å². The van der Waals surface area contributed by atoms with E-state index in [1.165, 1.54) is 0 Å². The third-order valence-electron chi connectivity index (χ3n) is 5.26. The molecule has 2 saturated heterocycles. The third-order valence-corrected chi connectivity index (χ3v) is 5.26. The predicted octanol–water partition coefficient (Wildman–Crippen LogP) is -4.59. The molecule has 13 nitrogen and oxygen atoms in total. The highest BCUT2D eigenvalue weighted by molar-refractivity contribution is 5.85. The van der Waals surface area contributed by atoms with Gasteiger partial charge in [0.25, 0.3) is 0 Å². The Balaban J connectivity index is 0.00000512. The Morgan fingerprint density at radius 3 is 1.31 bits per heavy atom. The number of aliphatic hydroxyl groups excluding tert-OH is 8. The second kappa shape index (κ2) is 14.9. The van der Waals surface area contributed by atoms with Crippen molar-refractivity contribution >= 4 is 12.4 Å². The maximum Gasteiger partial charge on any atom is 0.186 e. The highest BCUT2D eigenvalue weighted by Gasteiger charge is 2.44. The van der Waals surface area contributed by atoms with Gasteiger partial charge >= 0.3 is 0 Å². The Morgan fingerprint density at radius 2 is 0.969 bits per heavy atom. The van der Waals surface area contributed by atoms with Gasteiger partial charge in [-0.2, -0.15) is 0 Å². The summed E-state index contributed by atoms with van der Waals surface area (Å²) < 4.78 is 21.2. The maximum atomic E-state index is 9.87. The first-order valence-electron chi connectivity index (χ1n) is 10.4. The molecule has 2 fully saturated rings. The van der Waals surface area contributed by atoms with Crippen LogP contribution in [-0.4, -0.2) is 142 Å². The average molecular weight is 494 g/mol. The van der Waals surface area contributed by atoms with E-state index in [-0.39, 0.29) is 25.6 Å². The van der Waals surface area contributed by atoms with Crippen molar-refractivity contribution in [3.05, 3.63) is 0 Å². The van der Waals surface area contributed by atoms with Crippen molar-refractivity contribution in [2.24, 2.45) is 0 Å². The predicted molar refractivity (Wildman–Crippen MR) is 109 cm³/mol.